The summed E-state index contributed by atoms with van der Waals surface area (Å²) < 4.78 is 2.41. The van der Waals surface area contributed by atoms with Crippen molar-refractivity contribution in [3.8, 4) is 51.0 Å². The smallest absolute Gasteiger partial charge is 0.164 e. The fourth-order valence-electron chi connectivity index (χ4n) is 8.57. The quantitative estimate of drug-likeness (QED) is 0.181. The third kappa shape index (κ3) is 4.74. The van der Waals surface area contributed by atoms with Gasteiger partial charge in [0, 0.05) is 39.1 Å². The summed E-state index contributed by atoms with van der Waals surface area (Å²) in [6.07, 6.45) is 0. The van der Waals surface area contributed by atoms with Crippen LogP contribution < -0.4 is 0 Å². The summed E-state index contributed by atoms with van der Waals surface area (Å²) >= 11 is 0. The second kappa shape index (κ2) is 12.2. The van der Waals surface area contributed by atoms with Crippen LogP contribution in [0.1, 0.15) is 22.6 Å². The lowest BCUT2D eigenvalue weighted by molar-refractivity contribution is 1.02. The van der Waals surface area contributed by atoms with E-state index in [-0.39, 0.29) is 5.92 Å². The Morgan fingerprint density at radius 3 is 1.80 bits per heavy atom. The van der Waals surface area contributed by atoms with Crippen LogP contribution in [0.2, 0.25) is 0 Å². The number of hydrogen-bond donors (Lipinski definition) is 0. The molecule has 2 heterocycles. The van der Waals surface area contributed by atoms with Crippen LogP contribution >= 0.6 is 0 Å². The normalized spacial score (nSPS) is 13.4. The maximum absolute atomic E-state index is 5.06. The van der Waals surface area contributed by atoms with Gasteiger partial charge < -0.3 is 4.57 Å². The minimum Gasteiger partial charge on any atom is -0.309 e. The molecule has 0 fully saturated rings. The van der Waals surface area contributed by atoms with Crippen LogP contribution in [0.5, 0.6) is 0 Å². The zero-order valence-electron chi connectivity index (χ0n) is 29.3. The van der Waals surface area contributed by atoms with Gasteiger partial charge in [-0.05, 0) is 62.9 Å². The van der Waals surface area contributed by atoms with E-state index in [0.717, 1.165) is 27.5 Å². The Kier molecular flexibility index (Phi) is 6.89. The average Bonchev–Trinajstić information content (AvgIpc) is 3.77. The summed E-state index contributed by atoms with van der Waals surface area (Å²) in [6, 6.07) is 66.9. The van der Waals surface area contributed by atoms with Gasteiger partial charge in [0.05, 0.1) is 11.0 Å². The molecule has 0 saturated carbocycles. The average molecular weight is 689 g/mol. The van der Waals surface area contributed by atoms with Crippen molar-refractivity contribution in [1.29, 1.82) is 0 Å². The molecule has 54 heavy (non-hydrogen) atoms. The van der Waals surface area contributed by atoms with E-state index in [1.54, 1.807) is 0 Å². The number of benzene rings is 8. The minimum atomic E-state index is 0.0963. The molecule has 1 aliphatic rings. The van der Waals surface area contributed by atoms with Gasteiger partial charge >= 0.3 is 0 Å². The van der Waals surface area contributed by atoms with Gasteiger partial charge in [0.25, 0.3) is 0 Å². The molecule has 0 radical (unpaired) electrons. The highest BCUT2D eigenvalue weighted by atomic mass is 15.0. The molecule has 10 aromatic rings. The van der Waals surface area contributed by atoms with Crippen molar-refractivity contribution in [2.75, 3.05) is 0 Å². The Labute approximate surface area is 312 Å². The second-order valence-corrected chi connectivity index (χ2v) is 14.0. The molecule has 1 aliphatic carbocycles. The summed E-state index contributed by atoms with van der Waals surface area (Å²) in [6.45, 7) is 0. The van der Waals surface area contributed by atoms with Crippen molar-refractivity contribution in [3.05, 3.63) is 205 Å². The van der Waals surface area contributed by atoms with E-state index in [1.807, 2.05) is 60.7 Å². The first-order valence-electron chi connectivity index (χ1n) is 18.4. The van der Waals surface area contributed by atoms with Crippen molar-refractivity contribution >= 4 is 32.6 Å². The van der Waals surface area contributed by atoms with E-state index in [1.165, 1.54) is 55.3 Å². The van der Waals surface area contributed by atoms with Gasteiger partial charge in [-0.3, -0.25) is 0 Å². The van der Waals surface area contributed by atoms with Crippen molar-refractivity contribution in [2.24, 2.45) is 0 Å². The molecule has 11 rings (SSSR count). The van der Waals surface area contributed by atoms with E-state index in [9.17, 15) is 0 Å². The Hall–Kier alpha value is -7.17. The van der Waals surface area contributed by atoms with E-state index in [4.69, 9.17) is 15.0 Å². The van der Waals surface area contributed by atoms with Gasteiger partial charge in [-0.15, -0.1) is 0 Å². The Morgan fingerprint density at radius 1 is 0.407 bits per heavy atom. The molecular weight excluding hydrogens is 657 g/mol. The third-order valence-electron chi connectivity index (χ3n) is 10.9. The lowest BCUT2D eigenvalue weighted by Crippen LogP contribution is -2.01. The number of rotatable bonds is 5. The molecule has 8 aromatic carbocycles. The molecule has 4 nitrogen and oxygen atoms in total. The van der Waals surface area contributed by atoms with Crippen LogP contribution in [0.4, 0.5) is 0 Å². The number of fused-ring (bicyclic) bond motifs is 8. The van der Waals surface area contributed by atoms with E-state index < -0.39 is 0 Å². The predicted octanol–water partition coefficient (Wildman–Crippen LogP) is 12.3. The van der Waals surface area contributed by atoms with Gasteiger partial charge in [-0.2, -0.15) is 0 Å². The summed E-state index contributed by atoms with van der Waals surface area (Å²) in [5.74, 6) is 2.08. The molecule has 1 atom stereocenters. The number of para-hydroxylation sites is 2. The highest BCUT2D eigenvalue weighted by Crippen LogP contribution is 2.53. The third-order valence-corrected chi connectivity index (χ3v) is 10.9. The van der Waals surface area contributed by atoms with Crippen molar-refractivity contribution in [1.82, 2.24) is 19.5 Å². The van der Waals surface area contributed by atoms with Crippen molar-refractivity contribution < 1.29 is 0 Å². The predicted molar refractivity (Wildman–Crippen MR) is 221 cm³/mol. The van der Waals surface area contributed by atoms with Crippen molar-refractivity contribution in [2.45, 2.75) is 5.92 Å². The molecule has 2 aromatic heterocycles. The lowest BCUT2D eigenvalue weighted by atomic mass is 9.87. The van der Waals surface area contributed by atoms with Crippen LogP contribution in [-0.2, 0) is 0 Å². The molecule has 4 heteroatoms. The highest BCUT2D eigenvalue weighted by molar-refractivity contribution is 6.18. The Bertz CT molecular complexity index is 2980. The van der Waals surface area contributed by atoms with Crippen LogP contribution in [0, 0.1) is 0 Å². The van der Waals surface area contributed by atoms with E-state index in [0.29, 0.717) is 17.5 Å². The standard InChI is InChI=1S/C50H32N4/c1-4-15-32(16-5-1)48-51-49(33-17-6-2-7-18-33)53-50(52-48)40-25-14-19-34-31-35(27-28-37(34)40)45-38-22-10-11-23-39(38)46-42(45)29-30-44-47(46)41-24-12-13-26-43(41)54(44)36-20-8-3-9-21-36/h1-31,45H. The van der Waals surface area contributed by atoms with Crippen LogP contribution in [0.25, 0.3) is 83.6 Å². The first-order valence-corrected chi connectivity index (χ1v) is 18.4. The lowest BCUT2D eigenvalue weighted by Gasteiger charge is -2.17. The minimum absolute atomic E-state index is 0.0963. The number of hydrogen-bond acceptors (Lipinski definition) is 3. The Balaban J connectivity index is 1.09. The van der Waals surface area contributed by atoms with Gasteiger partial charge in [0.1, 0.15) is 0 Å². The molecular formula is C50H32N4. The van der Waals surface area contributed by atoms with E-state index >= 15 is 0 Å². The summed E-state index contributed by atoms with van der Waals surface area (Å²) in [7, 11) is 0. The second-order valence-electron chi connectivity index (χ2n) is 14.0. The number of aromatic nitrogens is 4. The maximum Gasteiger partial charge on any atom is 0.164 e. The summed E-state index contributed by atoms with van der Waals surface area (Å²) in [4.78, 5) is 15.0. The molecule has 0 N–H and O–H groups in total. The van der Waals surface area contributed by atoms with Gasteiger partial charge in [0.2, 0.25) is 0 Å². The molecule has 0 amide bonds. The number of nitrogens with zero attached hydrogens (tertiary/aromatic N) is 4. The van der Waals surface area contributed by atoms with E-state index in [2.05, 4.69) is 132 Å². The zero-order valence-corrected chi connectivity index (χ0v) is 29.3. The maximum atomic E-state index is 5.06. The summed E-state index contributed by atoms with van der Waals surface area (Å²) in [5, 5.41) is 4.84. The van der Waals surface area contributed by atoms with Crippen LogP contribution in [-0.4, -0.2) is 19.5 Å². The fraction of sp³-hybridized carbons (Fsp3) is 0.0200. The molecule has 0 spiro atoms. The molecule has 252 valence electrons. The highest BCUT2D eigenvalue weighted by Gasteiger charge is 2.33. The Morgan fingerprint density at radius 2 is 1.04 bits per heavy atom. The van der Waals surface area contributed by atoms with Gasteiger partial charge in [-0.25, -0.2) is 15.0 Å². The monoisotopic (exact) mass is 688 g/mol. The van der Waals surface area contributed by atoms with Crippen molar-refractivity contribution in [3.63, 3.8) is 0 Å². The molecule has 0 aliphatic heterocycles. The zero-order chi connectivity index (χ0) is 35.6. The van der Waals surface area contributed by atoms with Gasteiger partial charge in [0.15, 0.2) is 17.5 Å². The topological polar surface area (TPSA) is 43.6 Å². The largest absolute Gasteiger partial charge is 0.309 e. The first kappa shape index (κ1) is 30.5. The molecule has 0 bridgehead atoms. The molecule has 1 unspecified atom stereocenters. The SMILES string of the molecule is c1ccc(-c2nc(-c3ccccc3)nc(-c3cccc4cc(C5c6ccccc6-c6c5ccc5c6c6ccccc6n5-c5ccccc5)ccc34)n2)cc1. The summed E-state index contributed by atoms with van der Waals surface area (Å²) in [5.41, 5.74) is 13.1. The van der Waals surface area contributed by atoms with Crippen LogP contribution in [0.15, 0.2) is 188 Å². The van der Waals surface area contributed by atoms with Crippen LogP contribution in [0.3, 0.4) is 0 Å². The fourth-order valence-corrected chi connectivity index (χ4v) is 8.57. The first-order chi connectivity index (χ1) is 26.8. The van der Waals surface area contributed by atoms with Gasteiger partial charge in [-0.1, -0.05) is 164 Å². The molecule has 0 saturated heterocycles.